The predicted molar refractivity (Wildman–Crippen MR) is 139 cm³/mol. The fraction of sp³-hybridized carbons (Fsp3) is 0.172. The van der Waals surface area contributed by atoms with Gasteiger partial charge in [-0.3, -0.25) is 14.5 Å². The van der Waals surface area contributed by atoms with Crippen LogP contribution in [0.1, 0.15) is 41.5 Å². The average molecular weight is 484 g/mol. The SMILES string of the molecule is CC(C)N(CC(=O)N1c2ccccc2-n2cccc2C1c1ccccc1)C(=O)c1ccc(Cl)cc1. The van der Waals surface area contributed by atoms with Crippen molar-refractivity contribution in [2.24, 2.45) is 0 Å². The molecule has 0 saturated heterocycles. The number of benzene rings is 3. The van der Waals surface area contributed by atoms with Crippen LogP contribution in [-0.2, 0) is 4.79 Å². The van der Waals surface area contributed by atoms with Gasteiger partial charge in [-0.25, -0.2) is 0 Å². The summed E-state index contributed by atoms with van der Waals surface area (Å²) in [6.07, 6.45) is 2.02. The highest BCUT2D eigenvalue weighted by Gasteiger charge is 2.37. The van der Waals surface area contributed by atoms with E-state index >= 15 is 0 Å². The highest BCUT2D eigenvalue weighted by molar-refractivity contribution is 6.30. The fourth-order valence-corrected chi connectivity index (χ4v) is 4.81. The molecule has 0 aliphatic carbocycles. The summed E-state index contributed by atoms with van der Waals surface area (Å²) in [5, 5.41) is 0.562. The van der Waals surface area contributed by atoms with Crippen molar-refractivity contribution in [3.05, 3.63) is 119 Å². The van der Waals surface area contributed by atoms with E-state index in [1.165, 1.54) is 0 Å². The molecule has 0 radical (unpaired) electrons. The number of rotatable bonds is 5. The highest BCUT2D eigenvalue weighted by atomic mass is 35.5. The highest BCUT2D eigenvalue weighted by Crippen LogP contribution is 2.42. The molecule has 4 aromatic rings. The minimum absolute atomic E-state index is 0.0441. The van der Waals surface area contributed by atoms with Crippen molar-refractivity contribution in [2.75, 3.05) is 11.4 Å². The van der Waals surface area contributed by atoms with Gasteiger partial charge in [0.15, 0.2) is 0 Å². The minimum atomic E-state index is -0.312. The maximum atomic E-state index is 14.1. The van der Waals surface area contributed by atoms with Gasteiger partial charge in [0.2, 0.25) is 5.91 Å². The molecule has 176 valence electrons. The quantitative estimate of drug-likeness (QED) is 0.343. The largest absolute Gasteiger partial charge is 0.327 e. The first kappa shape index (κ1) is 22.9. The van der Waals surface area contributed by atoms with Gasteiger partial charge < -0.3 is 9.47 Å². The predicted octanol–water partition coefficient (Wildman–Crippen LogP) is 6.12. The molecule has 2 heterocycles. The van der Waals surface area contributed by atoms with Crippen LogP contribution in [0, 0.1) is 0 Å². The third-order valence-corrected chi connectivity index (χ3v) is 6.64. The molecule has 5 rings (SSSR count). The van der Waals surface area contributed by atoms with E-state index in [9.17, 15) is 9.59 Å². The van der Waals surface area contributed by atoms with Crippen LogP contribution in [0.4, 0.5) is 5.69 Å². The molecule has 0 N–H and O–H groups in total. The van der Waals surface area contributed by atoms with E-state index in [4.69, 9.17) is 11.6 Å². The number of para-hydroxylation sites is 2. The van der Waals surface area contributed by atoms with Gasteiger partial charge in [0.25, 0.3) is 5.91 Å². The van der Waals surface area contributed by atoms with Crippen LogP contribution >= 0.6 is 11.6 Å². The molecule has 0 spiro atoms. The summed E-state index contributed by atoms with van der Waals surface area (Å²) in [6.45, 7) is 3.80. The Hall–Kier alpha value is -3.83. The van der Waals surface area contributed by atoms with Gasteiger partial charge in [-0.15, -0.1) is 0 Å². The molecule has 1 unspecified atom stereocenters. The summed E-state index contributed by atoms with van der Waals surface area (Å²) in [6, 6.07) is 28.2. The van der Waals surface area contributed by atoms with E-state index in [2.05, 4.69) is 4.57 Å². The molecule has 2 amide bonds. The molecule has 3 aromatic carbocycles. The van der Waals surface area contributed by atoms with Gasteiger partial charge in [-0.2, -0.15) is 0 Å². The van der Waals surface area contributed by atoms with Crippen molar-refractivity contribution in [3.63, 3.8) is 0 Å². The number of carbonyl (C=O) groups excluding carboxylic acids is 2. The Kier molecular flexibility index (Phi) is 6.18. The van der Waals surface area contributed by atoms with Gasteiger partial charge in [-0.05, 0) is 67.9 Å². The Labute approximate surface area is 210 Å². The summed E-state index contributed by atoms with van der Waals surface area (Å²) in [7, 11) is 0. The Balaban J connectivity index is 1.56. The number of hydrogen-bond acceptors (Lipinski definition) is 2. The maximum Gasteiger partial charge on any atom is 0.254 e. The molecule has 1 aromatic heterocycles. The molecular formula is C29H26ClN3O2. The third kappa shape index (κ3) is 4.24. The molecule has 1 aliphatic rings. The lowest BCUT2D eigenvalue weighted by atomic mass is 9.97. The number of aromatic nitrogens is 1. The number of fused-ring (bicyclic) bond motifs is 3. The summed E-state index contributed by atoms with van der Waals surface area (Å²) < 4.78 is 2.13. The Bertz CT molecular complexity index is 1360. The van der Waals surface area contributed by atoms with Gasteiger partial charge in [0.1, 0.15) is 12.6 Å². The van der Waals surface area contributed by atoms with Crippen molar-refractivity contribution in [1.82, 2.24) is 9.47 Å². The molecule has 5 nitrogen and oxygen atoms in total. The lowest BCUT2D eigenvalue weighted by molar-refractivity contribution is -0.120. The van der Waals surface area contributed by atoms with Crippen molar-refractivity contribution >= 4 is 29.1 Å². The van der Waals surface area contributed by atoms with Crippen molar-refractivity contribution < 1.29 is 9.59 Å². The van der Waals surface area contributed by atoms with Crippen molar-refractivity contribution in [1.29, 1.82) is 0 Å². The second kappa shape index (κ2) is 9.43. The van der Waals surface area contributed by atoms with E-state index in [0.29, 0.717) is 10.6 Å². The zero-order valence-corrected chi connectivity index (χ0v) is 20.4. The first-order valence-electron chi connectivity index (χ1n) is 11.7. The molecule has 0 bridgehead atoms. The van der Waals surface area contributed by atoms with Gasteiger partial charge in [0.05, 0.1) is 17.1 Å². The molecule has 6 heteroatoms. The number of anilines is 1. The maximum absolute atomic E-state index is 14.1. The first-order chi connectivity index (χ1) is 17.0. The average Bonchev–Trinajstić information content (AvgIpc) is 3.37. The number of amides is 2. The van der Waals surface area contributed by atoms with Crippen molar-refractivity contribution in [2.45, 2.75) is 25.9 Å². The van der Waals surface area contributed by atoms with E-state index in [1.807, 2.05) is 91.7 Å². The van der Waals surface area contributed by atoms with Crippen LogP contribution in [0.15, 0.2) is 97.2 Å². The second-order valence-electron chi connectivity index (χ2n) is 8.90. The monoisotopic (exact) mass is 483 g/mol. The molecule has 1 atom stereocenters. The van der Waals surface area contributed by atoms with E-state index in [0.717, 1.165) is 22.6 Å². The number of hydrogen-bond donors (Lipinski definition) is 0. The third-order valence-electron chi connectivity index (χ3n) is 6.38. The molecule has 1 aliphatic heterocycles. The molecule has 0 saturated carbocycles. The summed E-state index contributed by atoms with van der Waals surface area (Å²) in [4.78, 5) is 30.9. The summed E-state index contributed by atoms with van der Waals surface area (Å²) in [5.74, 6) is -0.343. The Morgan fingerprint density at radius 3 is 2.20 bits per heavy atom. The van der Waals surface area contributed by atoms with Crippen molar-refractivity contribution in [3.8, 4) is 5.69 Å². The van der Waals surface area contributed by atoms with E-state index < -0.39 is 0 Å². The molecule has 35 heavy (non-hydrogen) atoms. The van der Waals surface area contributed by atoms with Gasteiger partial charge >= 0.3 is 0 Å². The van der Waals surface area contributed by atoms with Gasteiger partial charge in [-0.1, -0.05) is 54.1 Å². The number of halogens is 1. The number of nitrogens with zero attached hydrogens (tertiary/aromatic N) is 3. The zero-order valence-electron chi connectivity index (χ0n) is 19.6. The Morgan fingerprint density at radius 2 is 1.51 bits per heavy atom. The topological polar surface area (TPSA) is 45.6 Å². The first-order valence-corrected chi connectivity index (χ1v) is 12.0. The van der Waals surface area contributed by atoms with Gasteiger partial charge in [0, 0.05) is 22.8 Å². The van der Waals surface area contributed by atoms with Crippen LogP contribution in [0.25, 0.3) is 5.69 Å². The smallest absolute Gasteiger partial charge is 0.254 e. The summed E-state index contributed by atoms with van der Waals surface area (Å²) in [5.41, 5.74) is 4.27. The fourth-order valence-electron chi connectivity index (χ4n) is 4.68. The minimum Gasteiger partial charge on any atom is -0.327 e. The van der Waals surface area contributed by atoms with Crippen LogP contribution in [-0.4, -0.2) is 33.9 Å². The lowest BCUT2D eigenvalue weighted by Gasteiger charge is -2.40. The lowest BCUT2D eigenvalue weighted by Crippen LogP contribution is -2.48. The zero-order chi connectivity index (χ0) is 24.5. The van der Waals surface area contributed by atoms with Crippen LogP contribution < -0.4 is 4.90 Å². The molecule has 0 fully saturated rings. The Morgan fingerprint density at radius 1 is 0.857 bits per heavy atom. The van der Waals surface area contributed by atoms with Crippen LogP contribution in [0.5, 0.6) is 0 Å². The van der Waals surface area contributed by atoms with Crippen LogP contribution in [0.2, 0.25) is 5.02 Å². The standard InChI is InChI=1S/C29H26ClN3O2/c1-20(2)32(29(35)22-14-16-23(30)17-15-22)19-27(34)33-25-12-7-6-11-24(25)31-18-8-13-26(31)28(33)21-9-4-3-5-10-21/h3-18,20,28H,19H2,1-2H3. The van der Waals surface area contributed by atoms with E-state index in [1.54, 1.807) is 29.2 Å². The number of carbonyl (C=O) groups is 2. The normalized spacial score (nSPS) is 14.4. The van der Waals surface area contributed by atoms with Crippen LogP contribution in [0.3, 0.4) is 0 Å². The summed E-state index contributed by atoms with van der Waals surface area (Å²) >= 11 is 6.01. The second-order valence-corrected chi connectivity index (χ2v) is 9.34. The molecular weight excluding hydrogens is 458 g/mol. The van der Waals surface area contributed by atoms with E-state index in [-0.39, 0.29) is 30.4 Å².